The molecule has 0 spiro atoms. The van der Waals surface area contributed by atoms with Crippen molar-refractivity contribution in [3.63, 3.8) is 0 Å². The van der Waals surface area contributed by atoms with Crippen LogP contribution < -0.4 is 5.73 Å². The van der Waals surface area contributed by atoms with E-state index in [1.165, 1.54) is 6.07 Å². The lowest BCUT2D eigenvalue weighted by molar-refractivity contribution is -0.149. The number of amides is 1. The third-order valence-electron chi connectivity index (χ3n) is 3.03. The van der Waals surface area contributed by atoms with Gasteiger partial charge >= 0.3 is 11.9 Å². The summed E-state index contributed by atoms with van der Waals surface area (Å²) in [6, 6.07) is 5.00. The monoisotopic (exact) mass is 264 g/mol. The zero-order valence-electron chi connectivity index (χ0n) is 9.81. The lowest BCUT2D eigenvalue weighted by atomic mass is 10.1. The quantitative estimate of drug-likeness (QED) is 0.705. The minimum absolute atomic E-state index is 0.312. The fourth-order valence-corrected chi connectivity index (χ4v) is 2.17. The maximum atomic E-state index is 12.1. The molecule has 0 bridgehead atoms. The van der Waals surface area contributed by atoms with Crippen LogP contribution in [0.15, 0.2) is 24.3 Å². The van der Waals surface area contributed by atoms with Gasteiger partial charge < -0.3 is 20.8 Å². The molecule has 2 unspecified atom stereocenters. The van der Waals surface area contributed by atoms with Crippen molar-refractivity contribution in [3.05, 3.63) is 35.4 Å². The van der Waals surface area contributed by atoms with Gasteiger partial charge in [0.25, 0.3) is 5.91 Å². The van der Waals surface area contributed by atoms with Crippen LogP contribution in [0.4, 0.5) is 0 Å². The molecule has 1 aliphatic heterocycles. The minimum atomic E-state index is -1.48. The molecule has 0 saturated heterocycles. The van der Waals surface area contributed by atoms with Gasteiger partial charge in [0.2, 0.25) is 0 Å². The van der Waals surface area contributed by atoms with Crippen LogP contribution in [0.1, 0.15) is 28.5 Å². The van der Waals surface area contributed by atoms with Gasteiger partial charge in [-0.3, -0.25) is 9.59 Å². The maximum Gasteiger partial charge on any atom is 0.327 e. The molecule has 0 radical (unpaired) electrons. The number of hydrogen-bond donors (Lipinski definition) is 3. The van der Waals surface area contributed by atoms with Crippen LogP contribution in [-0.2, 0) is 9.59 Å². The molecular weight excluding hydrogens is 252 g/mol. The maximum absolute atomic E-state index is 12.1. The smallest absolute Gasteiger partial charge is 0.327 e. The Morgan fingerprint density at radius 2 is 1.95 bits per heavy atom. The molecule has 7 nitrogen and oxygen atoms in total. The molecule has 19 heavy (non-hydrogen) atoms. The molecule has 2 atom stereocenters. The molecular formula is C12H12N2O5. The van der Waals surface area contributed by atoms with E-state index in [4.69, 9.17) is 15.9 Å². The van der Waals surface area contributed by atoms with E-state index in [1.54, 1.807) is 18.2 Å². The van der Waals surface area contributed by atoms with E-state index in [2.05, 4.69) is 0 Å². The molecule has 2 rings (SSSR count). The van der Waals surface area contributed by atoms with Gasteiger partial charge in [0.05, 0.1) is 6.42 Å². The van der Waals surface area contributed by atoms with Gasteiger partial charge in [0, 0.05) is 11.1 Å². The second-order valence-corrected chi connectivity index (χ2v) is 4.20. The Balaban J connectivity index is 2.39. The SMILES string of the molecule is NC1c2ccccc2C(=O)N1C(CC(=O)O)C(=O)O. The van der Waals surface area contributed by atoms with E-state index in [9.17, 15) is 14.4 Å². The highest BCUT2D eigenvalue weighted by Gasteiger charge is 2.42. The molecule has 4 N–H and O–H groups in total. The number of fused-ring (bicyclic) bond motifs is 1. The number of carboxylic acid groups (broad SMARTS) is 2. The summed E-state index contributed by atoms with van der Waals surface area (Å²) in [6.07, 6.45) is -1.63. The number of nitrogens with two attached hydrogens (primary N) is 1. The predicted octanol–water partition coefficient (Wildman–Crippen LogP) is 0.0276. The van der Waals surface area contributed by atoms with Crippen LogP contribution in [0.5, 0.6) is 0 Å². The summed E-state index contributed by atoms with van der Waals surface area (Å²) in [4.78, 5) is 34.9. The first-order valence-electron chi connectivity index (χ1n) is 5.55. The van der Waals surface area contributed by atoms with Crippen LogP contribution in [0.3, 0.4) is 0 Å². The van der Waals surface area contributed by atoms with E-state index < -0.39 is 36.5 Å². The highest BCUT2D eigenvalue weighted by atomic mass is 16.4. The Bertz CT molecular complexity index is 557. The molecule has 1 aliphatic rings. The van der Waals surface area contributed by atoms with Gasteiger partial charge in [-0.2, -0.15) is 0 Å². The number of benzene rings is 1. The highest BCUT2D eigenvalue weighted by Crippen LogP contribution is 2.32. The van der Waals surface area contributed by atoms with Crippen LogP contribution >= 0.6 is 0 Å². The van der Waals surface area contributed by atoms with Crippen molar-refractivity contribution in [2.75, 3.05) is 0 Å². The first-order valence-corrected chi connectivity index (χ1v) is 5.55. The van der Waals surface area contributed by atoms with Crippen molar-refractivity contribution < 1.29 is 24.6 Å². The van der Waals surface area contributed by atoms with E-state index in [1.807, 2.05) is 0 Å². The van der Waals surface area contributed by atoms with Crippen molar-refractivity contribution in [2.45, 2.75) is 18.6 Å². The van der Waals surface area contributed by atoms with Gasteiger partial charge in [-0.05, 0) is 6.07 Å². The number of nitrogens with zero attached hydrogens (tertiary/aromatic N) is 1. The summed E-state index contributed by atoms with van der Waals surface area (Å²) in [7, 11) is 0. The third-order valence-corrected chi connectivity index (χ3v) is 3.03. The number of carbonyl (C=O) groups excluding carboxylic acids is 1. The summed E-state index contributed by atoms with van der Waals surface area (Å²) in [5, 5.41) is 17.8. The van der Waals surface area contributed by atoms with Crippen molar-refractivity contribution in [1.29, 1.82) is 0 Å². The van der Waals surface area contributed by atoms with Crippen molar-refractivity contribution in [1.82, 2.24) is 4.90 Å². The van der Waals surface area contributed by atoms with Crippen LogP contribution in [0, 0.1) is 0 Å². The molecule has 0 saturated carbocycles. The Morgan fingerprint density at radius 3 is 2.47 bits per heavy atom. The van der Waals surface area contributed by atoms with E-state index >= 15 is 0 Å². The van der Waals surface area contributed by atoms with E-state index in [0.29, 0.717) is 11.1 Å². The fourth-order valence-electron chi connectivity index (χ4n) is 2.17. The number of carboxylic acids is 2. The molecule has 0 fully saturated rings. The van der Waals surface area contributed by atoms with Crippen LogP contribution in [0.25, 0.3) is 0 Å². The molecule has 1 aromatic carbocycles. The Kier molecular flexibility index (Phi) is 3.22. The molecule has 1 aromatic rings. The van der Waals surface area contributed by atoms with Crippen molar-refractivity contribution in [3.8, 4) is 0 Å². The standard InChI is InChI=1S/C12H12N2O5/c13-10-6-3-1-2-4-7(6)11(17)14(10)8(12(18)19)5-9(15)16/h1-4,8,10H,5,13H2,(H,15,16)(H,18,19). The van der Waals surface area contributed by atoms with Gasteiger partial charge in [-0.1, -0.05) is 18.2 Å². The second kappa shape index (κ2) is 4.69. The molecule has 0 aliphatic carbocycles. The van der Waals surface area contributed by atoms with Gasteiger partial charge in [0.15, 0.2) is 0 Å². The normalized spacial score (nSPS) is 19.1. The lowest BCUT2D eigenvalue weighted by Crippen LogP contribution is -2.47. The zero-order valence-corrected chi connectivity index (χ0v) is 9.81. The summed E-state index contributed by atoms with van der Waals surface area (Å²) in [5.41, 5.74) is 6.66. The summed E-state index contributed by atoms with van der Waals surface area (Å²) < 4.78 is 0. The minimum Gasteiger partial charge on any atom is -0.481 e. The van der Waals surface area contributed by atoms with Crippen LogP contribution in [0.2, 0.25) is 0 Å². The number of rotatable bonds is 4. The number of hydrogen-bond acceptors (Lipinski definition) is 4. The first kappa shape index (κ1) is 13.0. The second-order valence-electron chi connectivity index (χ2n) is 4.20. The summed E-state index contributed by atoms with van der Waals surface area (Å²) >= 11 is 0. The molecule has 0 aromatic heterocycles. The fraction of sp³-hybridized carbons (Fsp3) is 0.250. The van der Waals surface area contributed by atoms with E-state index in [0.717, 1.165) is 4.90 Å². The largest absolute Gasteiger partial charge is 0.481 e. The molecule has 100 valence electrons. The zero-order chi connectivity index (χ0) is 14.2. The lowest BCUT2D eigenvalue weighted by Gasteiger charge is -2.27. The molecule has 7 heteroatoms. The van der Waals surface area contributed by atoms with E-state index in [-0.39, 0.29) is 0 Å². The highest BCUT2D eigenvalue weighted by molar-refractivity contribution is 6.01. The van der Waals surface area contributed by atoms with Crippen molar-refractivity contribution >= 4 is 17.8 Å². The third kappa shape index (κ3) is 2.15. The molecule has 1 amide bonds. The Morgan fingerprint density at radius 1 is 1.32 bits per heavy atom. The number of aliphatic carboxylic acids is 2. The Hall–Kier alpha value is -2.41. The van der Waals surface area contributed by atoms with Crippen molar-refractivity contribution in [2.24, 2.45) is 5.73 Å². The summed E-state index contributed by atoms with van der Waals surface area (Å²) in [6.45, 7) is 0. The summed E-state index contributed by atoms with van der Waals surface area (Å²) in [5.74, 6) is -3.25. The van der Waals surface area contributed by atoms with Gasteiger partial charge in [-0.15, -0.1) is 0 Å². The topological polar surface area (TPSA) is 121 Å². The van der Waals surface area contributed by atoms with Gasteiger partial charge in [0.1, 0.15) is 12.2 Å². The first-order chi connectivity index (χ1) is 8.93. The average molecular weight is 264 g/mol. The van der Waals surface area contributed by atoms with Gasteiger partial charge in [-0.25, -0.2) is 4.79 Å². The Labute approximate surface area is 108 Å². The van der Waals surface area contributed by atoms with Crippen LogP contribution in [-0.4, -0.2) is 39.0 Å². The molecule has 1 heterocycles. The average Bonchev–Trinajstić information content (AvgIpc) is 2.60. The predicted molar refractivity (Wildman–Crippen MR) is 63.2 cm³/mol. The number of carbonyl (C=O) groups is 3.